The van der Waals surface area contributed by atoms with Gasteiger partial charge in [0.2, 0.25) is 21.7 Å². The van der Waals surface area contributed by atoms with E-state index in [2.05, 4.69) is 14.9 Å². The highest BCUT2D eigenvalue weighted by Crippen LogP contribution is 2.34. The van der Waals surface area contributed by atoms with Crippen LogP contribution in [0.4, 0.5) is 13.2 Å². The third kappa shape index (κ3) is 4.35. The van der Waals surface area contributed by atoms with Crippen LogP contribution in [0.2, 0.25) is 0 Å². The molecule has 1 aromatic heterocycles. The normalized spacial score (nSPS) is 15.5. The molecule has 0 spiro atoms. The lowest BCUT2D eigenvalue weighted by molar-refractivity contribution is -0.274. The molecule has 0 amide bonds. The van der Waals surface area contributed by atoms with E-state index in [1.807, 2.05) is 0 Å². The first kappa shape index (κ1) is 21.1. The van der Waals surface area contributed by atoms with E-state index in [4.69, 9.17) is 9.26 Å². The molecule has 1 saturated heterocycles. The Kier molecular flexibility index (Phi) is 5.35. The molecule has 0 saturated carbocycles. The Balaban J connectivity index is 1.43. The highest BCUT2D eigenvalue weighted by Gasteiger charge is 2.40. The van der Waals surface area contributed by atoms with Gasteiger partial charge in [-0.25, -0.2) is 8.42 Å². The zero-order valence-corrected chi connectivity index (χ0v) is 16.9. The number of nitrogens with zero attached hydrogens (tertiary/aromatic N) is 3. The molecule has 31 heavy (non-hydrogen) atoms. The van der Waals surface area contributed by atoms with Crippen molar-refractivity contribution in [3.05, 3.63) is 54.4 Å². The molecule has 1 aliphatic heterocycles. The van der Waals surface area contributed by atoms with E-state index in [1.165, 1.54) is 11.4 Å². The van der Waals surface area contributed by atoms with E-state index in [0.717, 1.165) is 24.3 Å². The number of halogens is 3. The van der Waals surface area contributed by atoms with Crippen LogP contribution in [0, 0.1) is 0 Å². The molecule has 1 aliphatic rings. The Morgan fingerprint density at radius 3 is 2.42 bits per heavy atom. The summed E-state index contributed by atoms with van der Waals surface area (Å²) in [6.45, 7) is 0.216. The van der Waals surface area contributed by atoms with Crippen LogP contribution < -0.4 is 9.47 Å². The van der Waals surface area contributed by atoms with Gasteiger partial charge in [0.1, 0.15) is 11.5 Å². The fourth-order valence-electron chi connectivity index (χ4n) is 3.09. The minimum atomic E-state index is -4.85. The van der Waals surface area contributed by atoms with Crippen molar-refractivity contribution in [1.82, 2.24) is 14.4 Å². The first-order chi connectivity index (χ1) is 14.7. The van der Waals surface area contributed by atoms with E-state index in [9.17, 15) is 21.6 Å². The van der Waals surface area contributed by atoms with Crippen molar-refractivity contribution in [2.24, 2.45) is 0 Å². The summed E-state index contributed by atoms with van der Waals surface area (Å²) in [5.74, 6) is 0.405. The molecule has 12 heteroatoms. The monoisotopic (exact) mass is 455 g/mol. The predicted octanol–water partition coefficient (Wildman–Crippen LogP) is 3.43. The minimum absolute atomic E-state index is 0.108. The fraction of sp³-hybridized carbons (Fsp3) is 0.263. The highest BCUT2D eigenvalue weighted by atomic mass is 32.2. The summed E-state index contributed by atoms with van der Waals surface area (Å²) < 4.78 is 77.6. The zero-order chi connectivity index (χ0) is 22.2. The topological polar surface area (TPSA) is 94.8 Å². The molecular formula is C19H16F3N3O5S. The maximum absolute atomic E-state index is 12.7. The fourth-order valence-corrected chi connectivity index (χ4v) is 4.62. The molecule has 0 radical (unpaired) electrons. The Morgan fingerprint density at radius 1 is 1.10 bits per heavy atom. The van der Waals surface area contributed by atoms with Gasteiger partial charge in [-0.15, -0.1) is 13.2 Å². The Labute approximate surface area is 175 Å². The lowest BCUT2D eigenvalue weighted by atomic mass is 10.0. The number of ether oxygens (including phenoxy) is 2. The zero-order valence-electron chi connectivity index (χ0n) is 16.0. The van der Waals surface area contributed by atoms with Gasteiger partial charge in [-0.05, 0) is 36.4 Å². The summed E-state index contributed by atoms with van der Waals surface area (Å²) in [4.78, 5) is 4.21. The van der Waals surface area contributed by atoms with Gasteiger partial charge in [-0.3, -0.25) is 0 Å². The van der Waals surface area contributed by atoms with Crippen LogP contribution in [0.5, 0.6) is 11.5 Å². The average molecular weight is 455 g/mol. The summed E-state index contributed by atoms with van der Waals surface area (Å²) >= 11 is 0. The lowest BCUT2D eigenvalue weighted by Gasteiger charge is -2.35. The second-order valence-corrected chi connectivity index (χ2v) is 8.63. The molecule has 0 unspecified atom stereocenters. The van der Waals surface area contributed by atoms with Crippen LogP contribution in [0.3, 0.4) is 0 Å². The summed E-state index contributed by atoms with van der Waals surface area (Å²) in [7, 11) is -2.35. The van der Waals surface area contributed by atoms with Gasteiger partial charge in [0, 0.05) is 13.1 Å². The average Bonchev–Trinajstić information content (AvgIpc) is 3.15. The molecule has 0 aliphatic carbocycles. The molecule has 0 atom stereocenters. The summed E-state index contributed by atoms with van der Waals surface area (Å²) in [6.07, 6.45) is -4.85. The molecule has 2 aromatic carbocycles. The first-order valence-corrected chi connectivity index (χ1v) is 10.4. The van der Waals surface area contributed by atoms with Crippen molar-refractivity contribution in [2.45, 2.75) is 17.2 Å². The van der Waals surface area contributed by atoms with Gasteiger partial charge in [0.15, 0.2) is 0 Å². The van der Waals surface area contributed by atoms with Gasteiger partial charge >= 0.3 is 6.36 Å². The van der Waals surface area contributed by atoms with Crippen LogP contribution in [-0.4, -0.2) is 49.4 Å². The molecule has 4 rings (SSSR count). The van der Waals surface area contributed by atoms with Gasteiger partial charge in [-0.1, -0.05) is 17.3 Å². The van der Waals surface area contributed by atoms with Crippen molar-refractivity contribution < 1.29 is 35.6 Å². The SMILES string of the molecule is COc1ccccc1-c1noc(C2CN(S(=O)(=O)c3ccc(OC(F)(F)F)cc3)C2)n1. The molecule has 8 nitrogen and oxygen atoms in total. The summed E-state index contributed by atoms with van der Waals surface area (Å²) in [5, 5.41) is 3.94. The Hall–Kier alpha value is -3.12. The second kappa shape index (κ2) is 7.85. The van der Waals surface area contributed by atoms with E-state index in [0.29, 0.717) is 23.0 Å². The van der Waals surface area contributed by atoms with E-state index in [-0.39, 0.29) is 23.9 Å². The maximum Gasteiger partial charge on any atom is 0.573 e. The smallest absolute Gasteiger partial charge is 0.496 e. The number of para-hydroxylation sites is 1. The highest BCUT2D eigenvalue weighted by molar-refractivity contribution is 7.89. The third-order valence-corrected chi connectivity index (χ3v) is 6.53. The number of rotatable bonds is 6. The van der Waals surface area contributed by atoms with Crippen LogP contribution in [0.25, 0.3) is 11.4 Å². The predicted molar refractivity (Wildman–Crippen MR) is 101 cm³/mol. The van der Waals surface area contributed by atoms with E-state index >= 15 is 0 Å². The second-order valence-electron chi connectivity index (χ2n) is 6.69. The molecule has 2 heterocycles. The standard InChI is InChI=1S/C19H16F3N3O5S/c1-28-16-5-3-2-4-15(16)17-23-18(30-24-17)12-10-25(11-12)31(26,27)14-8-6-13(7-9-14)29-19(20,21)22/h2-9,12H,10-11H2,1H3. The van der Waals surface area contributed by atoms with Crippen LogP contribution in [0.15, 0.2) is 57.9 Å². The summed E-state index contributed by atoms with van der Waals surface area (Å²) in [5.41, 5.74) is 0.643. The number of methoxy groups -OCH3 is 1. The van der Waals surface area contributed by atoms with Crippen molar-refractivity contribution in [2.75, 3.05) is 20.2 Å². The van der Waals surface area contributed by atoms with E-state index in [1.54, 1.807) is 24.3 Å². The number of aromatic nitrogens is 2. The maximum atomic E-state index is 12.7. The molecule has 0 bridgehead atoms. The first-order valence-electron chi connectivity index (χ1n) is 9.00. The van der Waals surface area contributed by atoms with Crippen molar-refractivity contribution in [3.8, 4) is 22.9 Å². The largest absolute Gasteiger partial charge is 0.573 e. The van der Waals surface area contributed by atoms with Gasteiger partial charge in [0.05, 0.1) is 23.5 Å². The van der Waals surface area contributed by atoms with Crippen LogP contribution >= 0.6 is 0 Å². The van der Waals surface area contributed by atoms with Crippen molar-refractivity contribution in [3.63, 3.8) is 0 Å². The lowest BCUT2D eigenvalue weighted by Crippen LogP contribution is -2.48. The van der Waals surface area contributed by atoms with Crippen molar-refractivity contribution >= 4 is 10.0 Å². The molecule has 164 valence electrons. The Morgan fingerprint density at radius 2 is 1.77 bits per heavy atom. The number of hydrogen-bond donors (Lipinski definition) is 0. The van der Waals surface area contributed by atoms with Crippen LogP contribution in [-0.2, 0) is 10.0 Å². The molecule has 0 N–H and O–H groups in total. The molecule has 3 aromatic rings. The minimum Gasteiger partial charge on any atom is -0.496 e. The molecule has 1 fully saturated rings. The van der Waals surface area contributed by atoms with Gasteiger partial charge in [0.25, 0.3) is 0 Å². The summed E-state index contributed by atoms with van der Waals surface area (Å²) in [6, 6.07) is 11.2. The number of benzene rings is 2. The van der Waals surface area contributed by atoms with E-state index < -0.39 is 22.1 Å². The third-order valence-electron chi connectivity index (χ3n) is 4.68. The quantitative estimate of drug-likeness (QED) is 0.562. The number of hydrogen-bond acceptors (Lipinski definition) is 7. The molecular weight excluding hydrogens is 439 g/mol. The number of sulfonamides is 1. The van der Waals surface area contributed by atoms with Gasteiger partial charge in [-0.2, -0.15) is 9.29 Å². The van der Waals surface area contributed by atoms with Gasteiger partial charge < -0.3 is 14.0 Å². The Bertz CT molecular complexity index is 1170. The van der Waals surface area contributed by atoms with Crippen molar-refractivity contribution in [1.29, 1.82) is 0 Å². The van der Waals surface area contributed by atoms with Crippen LogP contribution in [0.1, 0.15) is 11.8 Å². The number of alkyl halides is 3.